The van der Waals surface area contributed by atoms with Crippen LogP contribution in [0.2, 0.25) is 0 Å². The van der Waals surface area contributed by atoms with Gasteiger partial charge in [-0.05, 0) is 30.2 Å². The molecule has 0 radical (unpaired) electrons. The Bertz CT molecular complexity index is 1350. The quantitative estimate of drug-likeness (QED) is 0.213. The summed E-state index contributed by atoms with van der Waals surface area (Å²) in [5.41, 5.74) is 5.33. The first-order valence-corrected chi connectivity index (χ1v) is 11.4. The number of ether oxygens (including phenoxy) is 1. The Labute approximate surface area is 191 Å². The van der Waals surface area contributed by atoms with Gasteiger partial charge in [-0.3, -0.25) is 4.57 Å². The summed E-state index contributed by atoms with van der Waals surface area (Å²) in [5, 5.41) is 2.28. The fraction of sp³-hybridized carbons (Fsp3) is 0.111. The van der Waals surface area contributed by atoms with Crippen molar-refractivity contribution in [3.63, 3.8) is 0 Å². The summed E-state index contributed by atoms with van der Waals surface area (Å²) >= 11 is 1.76. The van der Waals surface area contributed by atoms with Gasteiger partial charge in [0.2, 0.25) is 0 Å². The number of fused-ring (bicyclic) bond motifs is 1. The van der Waals surface area contributed by atoms with Gasteiger partial charge in [0, 0.05) is 17.0 Å². The van der Waals surface area contributed by atoms with E-state index in [1.54, 1.807) is 25.2 Å². The molecule has 0 aliphatic carbocycles. The summed E-state index contributed by atoms with van der Waals surface area (Å²) < 4.78 is 7.75. The molecule has 4 nitrogen and oxygen atoms in total. The van der Waals surface area contributed by atoms with Gasteiger partial charge in [0.25, 0.3) is 0 Å². The molecule has 5 heteroatoms. The number of nitrogens with zero attached hydrogens (tertiary/aromatic N) is 3. The lowest BCUT2D eigenvalue weighted by Crippen LogP contribution is -1.98. The number of benzene rings is 3. The Hall–Kier alpha value is -3.57. The van der Waals surface area contributed by atoms with E-state index >= 15 is 0 Å². The molecule has 2 heterocycles. The number of methoxy groups -OCH3 is 1. The summed E-state index contributed by atoms with van der Waals surface area (Å²) in [6.07, 6.45) is 3.80. The van der Waals surface area contributed by atoms with E-state index in [2.05, 4.69) is 72.3 Å². The molecular weight excluding hydrogens is 414 g/mol. The molecule has 0 saturated heterocycles. The molecule has 0 saturated carbocycles. The molecule has 1 atom stereocenters. The molecule has 0 fully saturated rings. The minimum absolute atomic E-state index is 0.257. The fourth-order valence-corrected chi connectivity index (χ4v) is 4.99. The van der Waals surface area contributed by atoms with Crippen molar-refractivity contribution >= 4 is 22.8 Å². The van der Waals surface area contributed by atoms with E-state index in [4.69, 9.17) is 14.7 Å². The molecule has 0 unspecified atom stereocenters. The maximum absolute atomic E-state index is 5.65. The molecule has 0 bridgehead atoms. The van der Waals surface area contributed by atoms with Crippen molar-refractivity contribution in [2.24, 2.45) is 0 Å². The summed E-state index contributed by atoms with van der Waals surface area (Å²) in [6, 6.07) is 28.9. The zero-order valence-corrected chi connectivity index (χ0v) is 18.8. The number of hydrogen-bond donors (Lipinski definition) is 0. The summed E-state index contributed by atoms with van der Waals surface area (Å²) in [4.78, 5) is 9.42. The average Bonchev–Trinajstić information content (AvgIpc) is 3.25. The van der Waals surface area contributed by atoms with Gasteiger partial charge >= 0.3 is 0 Å². The van der Waals surface area contributed by atoms with Crippen molar-refractivity contribution in [2.75, 3.05) is 7.11 Å². The normalized spacial score (nSPS) is 12.1. The molecule has 32 heavy (non-hydrogen) atoms. The van der Waals surface area contributed by atoms with Crippen molar-refractivity contribution in [3.8, 4) is 22.6 Å². The summed E-state index contributed by atoms with van der Waals surface area (Å²) in [6.45, 7) is 2.22. The van der Waals surface area contributed by atoms with Crippen LogP contribution < -0.4 is 4.74 Å². The van der Waals surface area contributed by atoms with Crippen molar-refractivity contribution in [1.29, 1.82) is 0 Å². The number of hydrogen-bond acceptors (Lipinski definition) is 4. The van der Waals surface area contributed by atoms with Gasteiger partial charge in [-0.2, -0.15) is 0 Å². The third-order valence-corrected chi connectivity index (χ3v) is 6.69. The van der Waals surface area contributed by atoms with Gasteiger partial charge in [0.1, 0.15) is 22.7 Å². The van der Waals surface area contributed by atoms with Crippen LogP contribution in [0.25, 0.3) is 27.8 Å². The number of rotatable bonds is 6. The Morgan fingerprint density at radius 1 is 0.844 bits per heavy atom. The zero-order valence-electron chi connectivity index (χ0n) is 18.0. The van der Waals surface area contributed by atoms with Crippen molar-refractivity contribution in [1.82, 2.24) is 14.5 Å². The number of aromatic nitrogens is 3. The minimum atomic E-state index is 0.257. The van der Waals surface area contributed by atoms with Gasteiger partial charge < -0.3 is 4.74 Å². The number of para-hydroxylation sites is 2. The Morgan fingerprint density at radius 2 is 1.53 bits per heavy atom. The van der Waals surface area contributed by atoms with Crippen LogP contribution in [0.3, 0.4) is 0 Å². The highest BCUT2D eigenvalue weighted by atomic mass is 32.2. The van der Waals surface area contributed by atoms with Crippen LogP contribution in [0, 0.1) is 0 Å². The second-order valence-electron chi connectivity index (χ2n) is 7.50. The second kappa shape index (κ2) is 8.89. The van der Waals surface area contributed by atoms with E-state index in [0.717, 1.165) is 38.6 Å². The largest absolute Gasteiger partial charge is 0.495 e. The lowest BCUT2D eigenvalue weighted by Gasteiger charge is -2.13. The molecular formula is C27H23N3OS. The van der Waals surface area contributed by atoms with Crippen LogP contribution in [-0.2, 0) is 0 Å². The van der Waals surface area contributed by atoms with Gasteiger partial charge in [0.05, 0.1) is 18.2 Å². The predicted molar refractivity (Wildman–Crippen MR) is 132 cm³/mol. The summed E-state index contributed by atoms with van der Waals surface area (Å²) in [5.74, 6) is 0.800. The van der Waals surface area contributed by atoms with E-state index in [0.29, 0.717) is 0 Å². The third kappa shape index (κ3) is 3.76. The molecule has 5 rings (SSSR count). The molecule has 0 aliphatic heterocycles. The average molecular weight is 438 g/mol. The maximum atomic E-state index is 5.65. The first-order valence-electron chi connectivity index (χ1n) is 10.5. The summed E-state index contributed by atoms with van der Waals surface area (Å²) in [7, 11) is 1.69. The van der Waals surface area contributed by atoms with Gasteiger partial charge in [0.15, 0.2) is 0 Å². The Balaban J connectivity index is 1.72. The smallest absolute Gasteiger partial charge is 0.149 e. The van der Waals surface area contributed by atoms with Gasteiger partial charge in [-0.25, -0.2) is 9.97 Å². The minimum Gasteiger partial charge on any atom is -0.495 e. The van der Waals surface area contributed by atoms with E-state index in [9.17, 15) is 0 Å². The van der Waals surface area contributed by atoms with E-state index in [-0.39, 0.29) is 5.25 Å². The zero-order chi connectivity index (χ0) is 21.9. The first-order chi connectivity index (χ1) is 15.8. The topological polar surface area (TPSA) is 39.9 Å². The Kier molecular flexibility index (Phi) is 5.65. The lowest BCUT2D eigenvalue weighted by atomic mass is 10.1. The van der Waals surface area contributed by atoms with Gasteiger partial charge in [-0.15, -0.1) is 0 Å². The predicted octanol–water partition coefficient (Wildman–Crippen LogP) is 6.95. The van der Waals surface area contributed by atoms with E-state index in [1.165, 1.54) is 5.56 Å². The van der Waals surface area contributed by atoms with Crippen LogP contribution in [0.5, 0.6) is 5.75 Å². The molecule has 2 aromatic heterocycles. The number of thioether (sulfide) groups is 1. The monoisotopic (exact) mass is 437 g/mol. The van der Waals surface area contributed by atoms with Crippen LogP contribution in [0.4, 0.5) is 0 Å². The fourth-order valence-electron chi connectivity index (χ4n) is 3.93. The highest BCUT2D eigenvalue weighted by molar-refractivity contribution is 7.99. The second-order valence-corrected chi connectivity index (χ2v) is 8.83. The van der Waals surface area contributed by atoms with Gasteiger partial charge in [-0.1, -0.05) is 84.6 Å². The first kappa shape index (κ1) is 20.3. The molecule has 5 aromatic rings. The van der Waals surface area contributed by atoms with E-state index < -0.39 is 0 Å². The van der Waals surface area contributed by atoms with Crippen LogP contribution in [0.1, 0.15) is 17.7 Å². The molecule has 0 aliphatic rings. The molecule has 3 aromatic carbocycles. The SMILES string of the molecule is COc1ccccc1-n1cc(-c2ccccc2)c2c(S[C@H](C)c3ccccc3)ncnc21. The van der Waals surface area contributed by atoms with E-state index in [1.807, 2.05) is 30.3 Å². The Morgan fingerprint density at radius 3 is 2.28 bits per heavy atom. The lowest BCUT2D eigenvalue weighted by molar-refractivity contribution is 0.413. The van der Waals surface area contributed by atoms with Crippen LogP contribution >= 0.6 is 11.8 Å². The standard InChI is InChI=1S/C27H23N3OS/c1-19(20-11-5-3-6-12-20)32-27-25-22(21-13-7-4-8-14-21)17-30(26(25)28-18-29-27)23-15-9-10-16-24(23)31-2/h3-19H,1-2H3/t19-/m1/s1. The maximum Gasteiger partial charge on any atom is 0.149 e. The highest BCUT2D eigenvalue weighted by Gasteiger charge is 2.20. The van der Waals surface area contributed by atoms with Crippen LogP contribution in [-0.4, -0.2) is 21.6 Å². The molecule has 0 amide bonds. The van der Waals surface area contributed by atoms with Crippen molar-refractivity contribution < 1.29 is 4.74 Å². The highest BCUT2D eigenvalue weighted by Crippen LogP contribution is 2.42. The van der Waals surface area contributed by atoms with Crippen molar-refractivity contribution in [3.05, 3.63) is 103 Å². The van der Waals surface area contributed by atoms with Crippen molar-refractivity contribution in [2.45, 2.75) is 17.2 Å². The molecule has 0 spiro atoms. The third-order valence-electron chi connectivity index (χ3n) is 5.54. The molecule has 0 N–H and O–H groups in total. The molecule has 158 valence electrons. The van der Waals surface area contributed by atoms with Crippen LogP contribution in [0.15, 0.2) is 102 Å².